The van der Waals surface area contributed by atoms with Gasteiger partial charge in [0.05, 0.1) is 10.5 Å². The van der Waals surface area contributed by atoms with Gasteiger partial charge in [-0.1, -0.05) is 6.07 Å². The first kappa shape index (κ1) is 16.4. The number of aryl methyl sites for hydroxylation is 1. The first-order valence-corrected chi connectivity index (χ1v) is 9.05. The van der Waals surface area contributed by atoms with Crippen LogP contribution in [0.25, 0.3) is 0 Å². The number of carboxylic acids is 1. The molecule has 0 fully saturated rings. The number of nitrogens with one attached hydrogen (secondary N) is 1. The van der Waals surface area contributed by atoms with Crippen LogP contribution in [0.5, 0.6) is 0 Å². The third-order valence-electron chi connectivity index (χ3n) is 3.07. The monoisotopic (exact) mass is 337 g/mol. The van der Waals surface area contributed by atoms with Crippen LogP contribution in [0.15, 0.2) is 52.3 Å². The Morgan fingerprint density at radius 2 is 1.77 bits per heavy atom. The van der Waals surface area contributed by atoms with Gasteiger partial charge < -0.3 is 5.11 Å². The summed E-state index contributed by atoms with van der Waals surface area (Å²) in [6, 6.07) is 11.0. The Labute approximate surface area is 133 Å². The average molecular weight is 337 g/mol. The summed E-state index contributed by atoms with van der Waals surface area (Å²) in [7, 11) is -3.84. The highest BCUT2D eigenvalue weighted by atomic mass is 32.2. The molecule has 0 spiro atoms. The molecule has 0 unspecified atom stereocenters. The summed E-state index contributed by atoms with van der Waals surface area (Å²) >= 11 is 1.56. The molecule has 2 aromatic carbocycles. The molecule has 2 aromatic rings. The third kappa shape index (κ3) is 3.61. The van der Waals surface area contributed by atoms with Crippen molar-refractivity contribution in [3.8, 4) is 0 Å². The molecule has 116 valence electrons. The van der Waals surface area contributed by atoms with E-state index in [9.17, 15) is 13.2 Å². The number of carboxylic acid groups (broad SMARTS) is 1. The van der Waals surface area contributed by atoms with Crippen LogP contribution in [-0.4, -0.2) is 25.7 Å². The van der Waals surface area contributed by atoms with Crippen molar-refractivity contribution in [3.05, 3.63) is 53.6 Å². The number of sulfonamides is 1. The number of anilines is 1. The Bertz CT molecular complexity index is 799. The van der Waals surface area contributed by atoms with Crippen LogP contribution >= 0.6 is 11.8 Å². The van der Waals surface area contributed by atoms with E-state index in [2.05, 4.69) is 4.72 Å². The molecule has 0 amide bonds. The lowest BCUT2D eigenvalue weighted by Gasteiger charge is -2.11. The zero-order valence-electron chi connectivity index (χ0n) is 12.0. The number of benzene rings is 2. The van der Waals surface area contributed by atoms with Crippen molar-refractivity contribution in [2.45, 2.75) is 16.7 Å². The van der Waals surface area contributed by atoms with Crippen molar-refractivity contribution in [2.24, 2.45) is 0 Å². The van der Waals surface area contributed by atoms with Crippen LogP contribution in [0.4, 0.5) is 5.69 Å². The van der Waals surface area contributed by atoms with E-state index in [1.165, 1.54) is 12.1 Å². The van der Waals surface area contributed by atoms with Gasteiger partial charge in [-0.25, -0.2) is 13.2 Å². The van der Waals surface area contributed by atoms with Crippen LogP contribution in [0, 0.1) is 6.92 Å². The second kappa shape index (κ2) is 6.41. The number of aromatic carboxylic acids is 1. The average Bonchev–Trinajstić information content (AvgIpc) is 2.47. The SMILES string of the molecule is CSc1ccc(NS(=O)(=O)c2cc(C(=O)O)ccc2C)cc1. The Balaban J connectivity index is 2.37. The van der Waals surface area contributed by atoms with Crippen molar-refractivity contribution in [1.82, 2.24) is 0 Å². The molecule has 0 aromatic heterocycles. The van der Waals surface area contributed by atoms with Gasteiger partial charge in [-0.3, -0.25) is 4.72 Å². The molecule has 2 rings (SSSR count). The first-order chi connectivity index (χ1) is 10.3. The molecule has 7 heteroatoms. The fraction of sp³-hybridized carbons (Fsp3) is 0.133. The largest absolute Gasteiger partial charge is 0.478 e. The van der Waals surface area contributed by atoms with Crippen LogP contribution in [0.3, 0.4) is 0 Å². The van der Waals surface area contributed by atoms with E-state index in [1.807, 2.05) is 18.4 Å². The zero-order chi connectivity index (χ0) is 16.3. The number of carbonyl (C=O) groups is 1. The number of thioether (sulfide) groups is 1. The second-order valence-electron chi connectivity index (χ2n) is 4.62. The molecule has 0 radical (unpaired) electrons. The van der Waals surface area contributed by atoms with E-state index in [0.717, 1.165) is 11.0 Å². The normalized spacial score (nSPS) is 11.2. The minimum absolute atomic E-state index is 0.0404. The molecule has 0 saturated carbocycles. The number of hydrogen-bond donors (Lipinski definition) is 2. The van der Waals surface area contributed by atoms with Crippen LogP contribution in [-0.2, 0) is 10.0 Å². The first-order valence-electron chi connectivity index (χ1n) is 6.34. The molecule has 22 heavy (non-hydrogen) atoms. The second-order valence-corrected chi connectivity index (χ2v) is 7.15. The molecule has 0 aliphatic rings. The topological polar surface area (TPSA) is 83.5 Å². The van der Waals surface area contributed by atoms with Crippen molar-refractivity contribution in [3.63, 3.8) is 0 Å². The predicted molar refractivity (Wildman–Crippen MR) is 87.2 cm³/mol. The van der Waals surface area contributed by atoms with E-state index in [1.54, 1.807) is 30.8 Å². The molecule has 2 N–H and O–H groups in total. The summed E-state index contributed by atoms with van der Waals surface area (Å²) in [5.41, 5.74) is 0.847. The third-order valence-corrected chi connectivity index (χ3v) is 5.33. The number of hydrogen-bond acceptors (Lipinski definition) is 4. The van der Waals surface area contributed by atoms with E-state index in [0.29, 0.717) is 11.3 Å². The number of rotatable bonds is 5. The summed E-state index contributed by atoms with van der Waals surface area (Å²) in [6.45, 7) is 1.62. The van der Waals surface area contributed by atoms with Crippen molar-refractivity contribution in [1.29, 1.82) is 0 Å². The Morgan fingerprint density at radius 3 is 2.32 bits per heavy atom. The minimum Gasteiger partial charge on any atom is -0.478 e. The lowest BCUT2D eigenvalue weighted by atomic mass is 10.1. The van der Waals surface area contributed by atoms with E-state index in [4.69, 9.17) is 5.11 Å². The summed E-state index contributed by atoms with van der Waals surface area (Å²) in [4.78, 5) is 12.0. The smallest absolute Gasteiger partial charge is 0.335 e. The summed E-state index contributed by atoms with van der Waals surface area (Å²) < 4.78 is 27.3. The van der Waals surface area contributed by atoms with Gasteiger partial charge in [-0.15, -0.1) is 11.8 Å². The van der Waals surface area contributed by atoms with E-state index < -0.39 is 16.0 Å². The quantitative estimate of drug-likeness (QED) is 0.819. The highest BCUT2D eigenvalue weighted by Gasteiger charge is 2.19. The molecule has 0 bridgehead atoms. The maximum absolute atomic E-state index is 12.4. The molecule has 0 aliphatic heterocycles. The Hall–Kier alpha value is -1.99. The molecular formula is C15H15NO4S2. The summed E-state index contributed by atoms with van der Waals surface area (Å²) in [5, 5.41) is 9.00. The molecule has 0 atom stereocenters. The van der Waals surface area contributed by atoms with Crippen LogP contribution < -0.4 is 4.72 Å². The lowest BCUT2D eigenvalue weighted by Crippen LogP contribution is -2.15. The van der Waals surface area contributed by atoms with Gasteiger partial charge in [0.1, 0.15) is 0 Å². The Morgan fingerprint density at radius 1 is 1.14 bits per heavy atom. The van der Waals surface area contributed by atoms with E-state index >= 15 is 0 Å². The maximum Gasteiger partial charge on any atom is 0.335 e. The van der Waals surface area contributed by atoms with Crippen molar-refractivity contribution < 1.29 is 18.3 Å². The zero-order valence-corrected chi connectivity index (χ0v) is 13.7. The molecule has 0 aliphatic carbocycles. The fourth-order valence-corrected chi connectivity index (χ4v) is 3.63. The Kier molecular flexibility index (Phi) is 4.77. The molecule has 0 heterocycles. The minimum atomic E-state index is -3.84. The molecule has 5 nitrogen and oxygen atoms in total. The highest BCUT2D eigenvalue weighted by Crippen LogP contribution is 2.23. The van der Waals surface area contributed by atoms with Gasteiger partial charge in [0.2, 0.25) is 0 Å². The van der Waals surface area contributed by atoms with Gasteiger partial charge in [0.25, 0.3) is 10.0 Å². The van der Waals surface area contributed by atoms with Gasteiger partial charge in [-0.2, -0.15) is 0 Å². The maximum atomic E-state index is 12.4. The van der Waals surface area contributed by atoms with Crippen molar-refractivity contribution in [2.75, 3.05) is 11.0 Å². The van der Waals surface area contributed by atoms with Gasteiger partial charge >= 0.3 is 5.97 Å². The molecular weight excluding hydrogens is 322 g/mol. The molecule has 0 saturated heterocycles. The summed E-state index contributed by atoms with van der Waals surface area (Å²) in [6.07, 6.45) is 1.93. The van der Waals surface area contributed by atoms with Gasteiger partial charge in [0.15, 0.2) is 0 Å². The van der Waals surface area contributed by atoms with Gasteiger partial charge in [0, 0.05) is 10.6 Å². The lowest BCUT2D eigenvalue weighted by molar-refractivity contribution is 0.0696. The fourth-order valence-electron chi connectivity index (χ4n) is 1.89. The van der Waals surface area contributed by atoms with Gasteiger partial charge in [-0.05, 0) is 55.1 Å². The van der Waals surface area contributed by atoms with Crippen LogP contribution in [0.2, 0.25) is 0 Å². The van der Waals surface area contributed by atoms with E-state index in [-0.39, 0.29) is 10.5 Å². The van der Waals surface area contributed by atoms with Crippen molar-refractivity contribution >= 4 is 33.4 Å². The standard InChI is InChI=1S/C15H15NO4S2/c1-10-3-4-11(15(17)18)9-14(10)22(19,20)16-12-5-7-13(21-2)8-6-12/h3-9,16H,1-2H3,(H,17,18). The summed E-state index contributed by atoms with van der Waals surface area (Å²) in [5.74, 6) is -1.17. The predicted octanol–water partition coefficient (Wildman–Crippen LogP) is 3.22. The highest BCUT2D eigenvalue weighted by molar-refractivity contribution is 7.98. The van der Waals surface area contributed by atoms with Crippen LogP contribution in [0.1, 0.15) is 15.9 Å².